The Labute approximate surface area is 118 Å². The third-order valence-corrected chi connectivity index (χ3v) is 6.39. The molecule has 3 rings (SSSR count). The molecule has 7 nitrogen and oxygen atoms in total. The minimum absolute atomic E-state index is 0.0247. The van der Waals surface area contributed by atoms with Gasteiger partial charge < -0.3 is 10.5 Å². The second-order valence-electron chi connectivity index (χ2n) is 5.45. The van der Waals surface area contributed by atoms with Crippen LogP contribution in [0.25, 0.3) is 0 Å². The molecule has 0 bridgehead atoms. The van der Waals surface area contributed by atoms with E-state index in [2.05, 4.69) is 5.10 Å². The summed E-state index contributed by atoms with van der Waals surface area (Å²) in [4.78, 5) is 0.146. The smallest absolute Gasteiger partial charge is 0.249 e. The number of nitrogens with two attached hydrogens (primary N) is 1. The summed E-state index contributed by atoms with van der Waals surface area (Å²) in [6.45, 7) is 2.56. The molecule has 1 aromatic heterocycles. The van der Waals surface area contributed by atoms with Gasteiger partial charge in [-0.25, -0.2) is 8.42 Å². The lowest BCUT2D eigenvalue weighted by Gasteiger charge is -2.36. The van der Waals surface area contributed by atoms with E-state index in [1.807, 2.05) is 0 Å². The summed E-state index contributed by atoms with van der Waals surface area (Å²) in [5, 5.41) is 4.01. The van der Waals surface area contributed by atoms with E-state index in [1.54, 1.807) is 18.3 Å². The Balaban J connectivity index is 2.03. The van der Waals surface area contributed by atoms with Crippen molar-refractivity contribution < 1.29 is 13.2 Å². The zero-order valence-electron chi connectivity index (χ0n) is 11.7. The standard InChI is InChI=1S/C12H20N4O3S/c1-8-11(12(13)14-15(8)2)20(17,18)16-6-7-19-10-5-3-4-9(10)16/h9-10H,3-7H2,1-2H3,(H2,13,14). The third-order valence-electron chi connectivity index (χ3n) is 4.30. The van der Waals surface area contributed by atoms with E-state index in [9.17, 15) is 8.42 Å². The number of ether oxygens (including phenoxy) is 1. The van der Waals surface area contributed by atoms with Gasteiger partial charge in [-0.1, -0.05) is 0 Å². The normalized spacial score (nSPS) is 27.7. The van der Waals surface area contributed by atoms with Crippen LogP contribution in [-0.4, -0.2) is 47.8 Å². The highest BCUT2D eigenvalue weighted by atomic mass is 32.2. The highest BCUT2D eigenvalue weighted by Gasteiger charge is 2.43. The number of rotatable bonds is 2. The van der Waals surface area contributed by atoms with Gasteiger partial charge in [0, 0.05) is 13.6 Å². The topological polar surface area (TPSA) is 90.4 Å². The molecule has 1 aliphatic carbocycles. The first-order valence-corrected chi connectivity index (χ1v) is 8.29. The SMILES string of the molecule is Cc1c(S(=O)(=O)N2CCOC3CCCC32)c(N)nn1C. The van der Waals surface area contributed by atoms with Crippen molar-refractivity contribution in [1.29, 1.82) is 0 Å². The molecule has 0 aromatic carbocycles. The second kappa shape index (κ2) is 4.71. The van der Waals surface area contributed by atoms with Crippen LogP contribution in [0.15, 0.2) is 4.90 Å². The molecule has 2 fully saturated rings. The van der Waals surface area contributed by atoms with Crippen molar-refractivity contribution in [3.8, 4) is 0 Å². The molecule has 1 saturated heterocycles. The number of nitrogen functional groups attached to an aromatic ring is 1. The van der Waals surface area contributed by atoms with Gasteiger partial charge in [0.2, 0.25) is 10.0 Å². The summed E-state index contributed by atoms with van der Waals surface area (Å²) in [7, 11) is -1.91. The maximum absolute atomic E-state index is 12.9. The molecular formula is C12H20N4O3S. The highest BCUT2D eigenvalue weighted by molar-refractivity contribution is 7.89. The molecule has 2 heterocycles. The zero-order valence-corrected chi connectivity index (χ0v) is 12.6. The van der Waals surface area contributed by atoms with Crippen LogP contribution in [0.4, 0.5) is 5.82 Å². The van der Waals surface area contributed by atoms with Crippen molar-refractivity contribution in [3.63, 3.8) is 0 Å². The molecule has 0 radical (unpaired) electrons. The minimum atomic E-state index is -3.61. The van der Waals surface area contributed by atoms with Gasteiger partial charge in [0.1, 0.15) is 4.90 Å². The fourth-order valence-electron chi connectivity index (χ4n) is 3.24. The lowest BCUT2D eigenvalue weighted by Crippen LogP contribution is -2.51. The molecule has 8 heteroatoms. The fraction of sp³-hybridized carbons (Fsp3) is 0.750. The van der Waals surface area contributed by atoms with E-state index in [4.69, 9.17) is 10.5 Å². The third kappa shape index (κ3) is 1.94. The quantitative estimate of drug-likeness (QED) is 0.845. The largest absolute Gasteiger partial charge is 0.381 e. The van der Waals surface area contributed by atoms with Crippen LogP contribution in [0.5, 0.6) is 0 Å². The lowest BCUT2D eigenvalue weighted by atomic mass is 10.2. The van der Waals surface area contributed by atoms with Gasteiger partial charge in [0.25, 0.3) is 0 Å². The average molecular weight is 300 g/mol. The number of aryl methyl sites for hydroxylation is 1. The molecule has 2 aliphatic rings. The summed E-state index contributed by atoms with van der Waals surface area (Å²) in [5.41, 5.74) is 6.38. The van der Waals surface area contributed by atoms with Crippen molar-refractivity contribution in [2.24, 2.45) is 7.05 Å². The Morgan fingerprint density at radius 3 is 2.80 bits per heavy atom. The van der Waals surface area contributed by atoms with Gasteiger partial charge in [-0.3, -0.25) is 4.68 Å². The summed E-state index contributed by atoms with van der Waals surface area (Å²) < 4.78 is 34.6. The lowest BCUT2D eigenvalue weighted by molar-refractivity contribution is -0.0241. The molecule has 1 aliphatic heterocycles. The number of hydrogen-bond donors (Lipinski definition) is 1. The average Bonchev–Trinajstić information content (AvgIpc) is 2.94. The van der Waals surface area contributed by atoms with Gasteiger partial charge in [-0.05, 0) is 26.2 Å². The van der Waals surface area contributed by atoms with E-state index >= 15 is 0 Å². The number of anilines is 1. The highest BCUT2D eigenvalue weighted by Crippen LogP contribution is 2.35. The van der Waals surface area contributed by atoms with Gasteiger partial charge in [-0.2, -0.15) is 9.40 Å². The molecule has 2 atom stereocenters. The number of fused-ring (bicyclic) bond motifs is 1. The summed E-state index contributed by atoms with van der Waals surface area (Å²) in [6, 6.07) is -0.0623. The van der Waals surface area contributed by atoms with Crippen LogP contribution in [0.1, 0.15) is 25.0 Å². The first-order valence-electron chi connectivity index (χ1n) is 6.85. The van der Waals surface area contributed by atoms with E-state index in [0.717, 1.165) is 19.3 Å². The molecule has 0 amide bonds. The first kappa shape index (κ1) is 13.8. The fourth-order valence-corrected chi connectivity index (χ4v) is 5.20. The van der Waals surface area contributed by atoms with Crippen LogP contribution < -0.4 is 5.73 Å². The molecule has 0 spiro atoms. The van der Waals surface area contributed by atoms with E-state index in [0.29, 0.717) is 18.8 Å². The van der Waals surface area contributed by atoms with Crippen LogP contribution >= 0.6 is 0 Å². The summed E-state index contributed by atoms with van der Waals surface area (Å²) >= 11 is 0. The van der Waals surface area contributed by atoms with Gasteiger partial charge in [0.05, 0.1) is 24.4 Å². The van der Waals surface area contributed by atoms with E-state index < -0.39 is 10.0 Å². The predicted octanol–water partition coefficient (Wildman–Crippen LogP) is 0.253. The number of morpholine rings is 1. The Kier molecular flexibility index (Phi) is 3.26. The zero-order chi connectivity index (χ0) is 14.5. The van der Waals surface area contributed by atoms with Crippen LogP contribution in [-0.2, 0) is 21.8 Å². The van der Waals surface area contributed by atoms with Crippen molar-refractivity contribution >= 4 is 15.8 Å². The first-order chi connectivity index (χ1) is 9.43. The maximum Gasteiger partial charge on any atom is 0.249 e. The Morgan fingerprint density at radius 1 is 1.40 bits per heavy atom. The second-order valence-corrected chi connectivity index (χ2v) is 7.27. The van der Waals surface area contributed by atoms with Crippen molar-refractivity contribution in [1.82, 2.24) is 14.1 Å². The van der Waals surface area contributed by atoms with E-state index in [1.165, 1.54) is 4.68 Å². The van der Waals surface area contributed by atoms with Gasteiger partial charge >= 0.3 is 0 Å². The molecule has 112 valence electrons. The van der Waals surface area contributed by atoms with Crippen LogP contribution in [0.3, 0.4) is 0 Å². The van der Waals surface area contributed by atoms with Crippen molar-refractivity contribution in [3.05, 3.63) is 5.69 Å². The summed E-state index contributed by atoms with van der Waals surface area (Å²) in [6.07, 6.45) is 2.81. The number of sulfonamides is 1. The molecule has 20 heavy (non-hydrogen) atoms. The number of hydrogen-bond acceptors (Lipinski definition) is 5. The maximum atomic E-state index is 12.9. The van der Waals surface area contributed by atoms with Gasteiger partial charge in [0.15, 0.2) is 5.82 Å². The number of nitrogens with zero attached hydrogens (tertiary/aromatic N) is 3. The molecule has 1 saturated carbocycles. The Bertz CT molecular complexity index is 625. The predicted molar refractivity (Wildman–Crippen MR) is 73.6 cm³/mol. The van der Waals surface area contributed by atoms with Crippen LogP contribution in [0, 0.1) is 6.92 Å². The van der Waals surface area contributed by atoms with Crippen molar-refractivity contribution in [2.75, 3.05) is 18.9 Å². The summed E-state index contributed by atoms with van der Waals surface area (Å²) in [5.74, 6) is 0.0750. The monoisotopic (exact) mass is 300 g/mol. The molecule has 2 N–H and O–H groups in total. The Morgan fingerprint density at radius 2 is 2.15 bits per heavy atom. The van der Waals surface area contributed by atoms with E-state index in [-0.39, 0.29) is 22.9 Å². The molecule has 2 unspecified atom stereocenters. The minimum Gasteiger partial charge on any atom is -0.381 e. The Hall–Kier alpha value is -1.12. The van der Waals surface area contributed by atoms with Crippen LogP contribution in [0.2, 0.25) is 0 Å². The van der Waals surface area contributed by atoms with Crippen molar-refractivity contribution in [2.45, 2.75) is 43.2 Å². The van der Waals surface area contributed by atoms with Gasteiger partial charge in [-0.15, -0.1) is 0 Å². The molecule has 1 aromatic rings. The number of aromatic nitrogens is 2. The molecular weight excluding hydrogens is 280 g/mol.